The Kier molecular flexibility index (Phi) is 6.58. The van der Waals surface area contributed by atoms with Crippen molar-refractivity contribution in [1.82, 2.24) is 15.0 Å². The molecule has 44 heavy (non-hydrogen) atoms. The zero-order chi connectivity index (χ0) is 29.5. The molecular weight excluding hydrogens is 606 g/mol. The monoisotopic (exact) mass is 629 g/mol. The Morgan fingerprint density at radius 3 is 1.75 bits per heavy atom. The molecule has 8 rings (SSSR count). The lowest BCUT2D eigenvalue weighted by atomic mass is 9.99. The Morgan fingerprint density at radius 2 is 0.977 bits per heavy atom. The Morgan fingerprint density at radius 1 is 0.409 bits per heavy atom. The molecule has 6 aromatic carbocycles. The summed E-state index contributed by atoms with van der Waals surface area (Å²) >= 11 is 3.58. The fraction of sp³-hybridized carbons (Fsp3) is 0. The molecule has 0 saturated carbocycles. The van der Waals surface area contributed by atoms with E-state index in [9.17, 15) is 0 Å². The summed E-state index contributed by atoms with van der Waals surface area (Å²) in [7, 11) is 0. The third-order valence-corrected chi connectivity index (χ3v) is 8.30. The number of hydrogen-bond acceptors (Lipinski definition) is 4. The quantitative estimate of drug-likeness (QED) is 0.190. The van der Waals surface area contributed by atoms with Gasteiger partial charge >= 0.3 is 0 Å². The maximum atomic E-state index is 6.35. The van der Waals surface area contributed by atoms with E-state index in [1.165, 1.54) is 11.1 Å². The topological polar surface area (TPSA) is 51.8 Å². The molecule has 0 atom stereocenters. The molecule has 0 aliphatic carbocycles. The zero-order valence-electron chi connectivity index (χ0n) is 23.5. The highest BCUT2D eigenvalue weighted by Gasteiger charge is 2.17. The van der Waals surface area contributed by atoms with Crippen LogP contribution in [0.15, 0.2) is 154 Å². The van der Waals surface area contributed by atoms with Crippen molar-refractivity contribution in [1.29, 1.82) is 0 Å². The van der Waals surface area contributed by atoms with Crippen molar-refractivity contribution in [2.24, 2.45) is 0 Å². The van der Waals surface area contributed by atoms with Gasteiger partial charge in [0.15, 0.2) is 17.5 Å². The summed E-state index contributed by atoms with van der Waals surface area (Å²) < 4.78 is 7.42. The standard InChI is InChI=1S/C39H24BrN3O/c40-31-14-7-12-29(24-31)26-21-19-25(20-22-26)28-11-6-13-30(23-28)38-41-37(27-9-2-1-3-10-27)42-39(43-38)34-17-8-16-33-32-15-4-5-18-35(32)44-36(33)34/h1-24H. The van der Waals surface area contributed by atoms with Gasteiger partial charge in [0.25, 0.3) is 0 Å². The summed E-state index contributed by atoms with van der Waals surface area (Å²) in [4.78, 5) is 15.0. The van der Waals surface area contributed by atoms with Crippen LogP contribution in [0.2, 0.25) is 0 Å². The molecule has 0 amide bonds. The average Bonchev–Trinajstić information content (AvgIpc) is 3.48. The fourth-order valence-corrected chi connectivity index (χ4v) is 6.03. The molecule has 2 heterocycles. The molecule has 0 radical (unpaired) electrons. The molecule has 0 unspecified atom stereocenters. The number of halogens is 1. The average molecular weight is 631 g/mol. The van der Waals surface area contributed by atoms with Crippen LogP contribution in [0.4, 0.5) is 0 Å². The number of hydrogen-bond donors (Lipinski definition) is 0. The van der Waals surface area contributed by atoms with Crippen LogP contribution in [0, 0.1) is 0 Å². The first-order valence-corrected chi connectivity index (χ1v) is 15.2. The molecule has 0 aliphatic heterocycles. The molecule has 5 heteroatoms. The minimum atomic E-state index is 0.572. The first-order chi connectivity index (χ1) is 21.7. The second kappa shape index (κ2) is 11.0. The molecule has 0 aliphatic rings. The fourth-order valence-electron chi connectivity index (χ4n) is 5.63. The van der Waals surface area contributed by atoms with Crippen molar-refractivity contribution in [3.05, 3.63) is 150 Å². The van der Waals surface area contributed by atoms with Crippen molar-refractivity contribution >= 4 is 37.9 Å². The van der Waals surface area contributed by atoms with Crippen LogP contribution >= 0.6 is 15.9 Å². The zero-order valence-corrected chi connectivity index (χ0v) is 25.1. The second-order valence-corrected chi connectivity index (χ2v) is 11.5. The third kappa shape index (κ3) is 4.87. The third-order valence-electron chi connectivity index (χ3n) is 7.81. The van der Waals surface area contributed by atoms with Crippen LogP contribution in [-0.2, 0) is 0 Å². The van der Waals surface area contributed by atoms with Crippen LogP contribution < -0.4 is 0 Å². The van der Waals surface area contributed by atoms with Gasteiger partial charge in [-0.1, -0.05) is 131 Å². The molecule has 0 spiro atoms. The lowest BCUT2D eigenvalue weighted by Gasteiger charge is -2.10. The van der Waals surface area contributed by atoms with Crippen molar-refractivity contribution in [3.63, 3.8) is 0 Å². The highest BCUT2D eigenvalue weighted by Crippen LogP contribution is 2.36. The summed E-state index contributed by atoms with van der Waals surface area (Å²) in [5, 5.41) is 2.11. The van der Waals surface area contributed by atoms with Gasteiger partial charge in [0.2, 0.25) is 0 Å². The van der Waals surface area contributed by atoms with Crippen LogP contribution in [0.5, 0.6) is 0 Å². The molecule has 0 bridgehead atoms. The van der Waals surface area contributed by atoms with Gasteiger partial charge in [-0.3, -0.25) is 0 Å². The molecule has 8 aromatic rings. The van der Waals surface area contributed by atoms with Crippen molar-refractivity contribution in [3.8, 4) is 56.4 Å². The van der Waals surface area contributed by atoms with Gasteiger partial charge in [-0.25, -0.2) is 15.0 Å². The lowest BCUT2D eigenvalue weighted by molar-refractivity contribution is 0.669. The molecule has 0 fully saturated rings. The number of benzene rings is 6. The van der Waals surface area contributed by atoms with Crippen LogP contribution in [0.25, 0.3) is 78.4 Å². The number of nitrogens with zero attached hydrogens (tertiary/aromatic N) is 3. The highest BCUT2D eigenvalue weighted by molar-refractivity contribution is 9.10. The number of furan rings is 1. The highest BCUT2D eigenvalue weighted by atomic mass is 79.9. The number of rotatable bonds is 5. The first kappa shape index (κ1) is 26.3. The van der Waals surface area contributed by atoms with Crippen molar-refractivity contribution in [2.45, 2.75) is 0 Å². The summed E-state index contributed by atoms with van der Waals surface area (Å²) in [6.45, 7) is 0. The molecule has 208 valence electrons. The van der Waals surface area contributed by atoms with Gasteiger partial charge in [0.1, 0.15) is 11.2 Å². The van der Waals surface area contributed by atoms with Crippen molar-refractivity contribution < 1.29 is 4.42 Å². The lowest BCUT2D eigenvalue weighted by Crippen LogP contribution is -2.00. The molecule has 0 saturated heterocycles. The Bertz CT molecular complexity index is 2290. The van der Waals surface area contributed by atoms with E-state index in [0.29, 0.717) is 17.5 Å². The predicted octanol–water partition coefficient (Wildman–Crippen LogP) is 10.9. The van der Waals surface area contributed by atoms with E-state index < -0.39 is 0 Å². The van der Waals surface area contributed by atoms with E-state index in [1.807, 2.05) is 66.7 Å². The van der Waals surface area contributed by atoms with Crippen LogP contribution in [0.3, 0.4) is 0 Å². The summed E-state index contributed by atoms with van der Waals surface area (Å²) in [6, 6.07) is 49.6. The van der Waals surface area contributed by atoms with Gasteiger partial charge in [0, 0.05) is 26.4 Å². The minimum Gasteiger partial charge on any atom is -0.455 e. The first-order valence-electron chi connectivity index (χ1n) is 14.4. The SMILES string of the molecule is Brc1cccc(-c2ccc(-c3cccc(-c4nc(-c5ccccc5)nc(-c5cccc6c5oc5ccccc56)n4)c3)cc2)c1. The van der Waals surface area contributed by atoms with Gasteiger partial charge in [-0.05, 0) is 52.6 Å². The predicted molar refractivity (Wildman–Crippen MR) is 182 cm³/mol. The normalized spacial score (nSPS) is 11.3. The van der Waals surface area contributed by atoms with Crippen LogP contribution in [0.1, 0.15) is 0 Å². The van der Waals surface area contributed by atoms with E-state index in [1.54, 1.807) is 0 Å². The summed E-state index contributed by atoms with van der Waals surface area (Å²) in [5.41, 5.74) is 8.82. The van der Waals surface area contributed by atoms with E-state index in [0.717, 1.165) is 54.2 Å². The Hall–Kier alpha value is -5.39. The number of fused-ring (bicyclic) bond motifs is 3. The largest absolute Gasteiger partial charge is 0.455 e. The Labute approximate surface area is 262 Å². The maximum absolute atomic E-state index is 6.35. The van der Waals surface area contributed by atoms with E-state index in [4.69, 9.17) is 19.4 Å². The molecule has 4 nitrogen and oxygen atoms in total. The van der Waals surface area contributed by atoms with E-state index in [-0.39, 0.29) is 0 Å². The molecule has 2 aromatic heterocycles. The Balaban J connectivity index is 1.24. The van der Waals surface area contributed by atoms with Gasteiger partial charge in [-0.2, -0.15) is 0 Å². The molecular formula is C39H24BrN3O. The van der Waals surface area contributed by atoms with Crippen LogP contribution in [-0.4, -0.2) is 15.0 Å². The van der Waals surface area contributed by atoms with E-state index >= 15 is 0 Å². The number of aromatic nitrogens is 3. The van der Waals surface area contributed by atoms with Gasteiger partial charge in [-0.15, -0.1) is 0 Å². The minimum absolute atomic E-state index is 0.572. The number of para-hydroxylation sites is 2. The summed E-state index contributed by atoms with van der Waals surface area (Å²) in [6.07, 6.45) is 0. The second-order valence-electron chi connectivity index (χ2n) is 10.6. The maximum Gasteiger partial charge on any atom is 0.167 e. The van der Waals surface area contributed by atoms with Gasteiger partial charge in [0.05, 0.1) is 5.56 Å². The molecule has 0 N–H and O–H groups in total. The smallest absolute Gasteiger partial charge is 0.167 e. The van der Waals surface area contributed by atoms with Crippen molar-refractivity contribution in [2.75, 3.05) is 0 Å². The van der Waals surface area contributed by atoms with E-state index in [2.05, 4.69) is 94.8 Å². The summed E-state index contributed by atoms with van der Waals surface area (Å²) in [5.74, 6) is 1.79. The van der Waals surface area contributed by atoms with Gasteiger partial charge < -0.3 is 4.42 Å².